The molecular weight excluding hydrogens is 414 g/mol. The zero-order valence-electron chi connectivity index (χ0n) is 14.6. The lowest BCUT2D eigenvalue weighted by Crippen LogP contribution is -2.06. The largest absolute Gasteiger partial charge is 0.504 e. The van der Waals surface area contributed by atoms with E-state index in [1.165, 1.54) is 24.3 Å². The third-order valence-corrected chi connectivity index (χ3v) is 7.34. The topological polar surface area (TPSA) is 118 Å². The Morgan fingerprint density at radius 1 is 0.931 bits per heavy atom. The molecule has 29 heavy (non-hydrogen) atoms. The molecule has 0 aliphatic heterocycles. The first-order valence-corrected chi connectivity index (χ1v) is 10.6. The van der Waals surface area contributed by atoms with Crippen LogP contribution in [-0.4, -0.2) is 23.6 Å². The average molecular weight is 427 g/mol. The molecule has 1 aromatic heterocycles. The van der Waals surface area contributed by atoms with Gasteiger partial charge in [0.15, 0.2) is 5.75 Å². The lowest BCUT2D eigenvalue weighted by atomic mass is 10.1. The van der Waals surface area contributed by atoms with Gasteiger partial charge in [-0.2, -0.15) is 0 Å². The first-order valence-electron chi connectivity index (χ1n) is 8.33. The van der Waals surface area contributed by atoms with Crippen LogP contribution in [0.4, 0.5) is 5.69 Å². The van der Waals surface area contributed by atoms with Crippen molar-refractivity contribution in [3.8, 4) is 21.9 Å². The van der Waals surface area contributed by atoms with Crippen molar-refractivity contribution in [1.82, 2.24) is 0 Å². The minimum absolute atomic E-state index is 0.0817. The van der Waals surface area contributed by atoms with Gasteiger partial charge in [-0.25, -0.2) is 8.42 Å². The van der Waals surface area contributed by atoms with Gasteiger partial charge in [0.2, 0.25) is 15.6 Å². The number of sulfone groups is 1. The third-order valence-electron chi connectivity index (χ3n) is 4.42. The summed E-state index contributed by atoms with van der Waals surface area (Å²) in [6.45, 7) is 0. The van der Waals surface area contributed by atoms with Gasteiger partial charge in [-0.05, 0) is 29.7 Å². The lowest BCUT2D eigenvalue weighted by Gasteiger charge is -2.12. The summed E-state index contributed by atoms with van der Waals surface area (Å²) < 4.78 is 27.3. The Hall–Kier alpha value is -3.43. The van der Waals surface area contributed by atoms with Gasteiger partial charge in [-0.3, -0.25) is 10.1 Å². The molecule has 3 aromatic carbocycles. The van der Waals surface area contributed by atoms with E-state index < -0.39 is 36.8 Å². The zero-order chi connectivity index (χ0) is 20.8. The summed E-state index contributed by atoms with van der Waals surface area (Å²) in [6.07, 6.45) is 0. The molecule has 4 aromatic rings. The number of nitro groups is 1. The maximum absolute atomic E-state index is 13.3. The minimum Gasteiger partial charge on any atom is -0.504 e. The second kappa shape index (κ2) is 6.87. The van der Waals surface area contributed by atoms with Gasteiger partial charge in [0.25, 0.3) is 0 Å². The number of aromatic hydroxyl groups is 2. The van der Waals surface area contributed by atoms with Crippen LogP contribution in [0.15, 0.2) is 76.5 Å². The summed E-state index contributed by atoms with van der Waals surface area (Å²) in [5.41, 5.74) is -1.11. The van der Waals surface area contributed by atoms with E-state index in [4.69, 9.17) is 0 Å². The molecule has 2 N–H and O–H groups in total. The highest BCUT2D eigenvalue weighted by molar-refractivity contribution is 7.91. The number of rotatable bonds is 4. The van der Waals surface area contributed by atoms with Crippen molar-refractivity contribution in [1.29, 1.82) is 0 Å². The van der Waals surface area contributed by atoms with Crippen LogP contribution in [0.25, 0.3) is 20.5 Å². The molecule has 4 rings (SSSR count). The van der Waals surface area contributed by atoms with Gasteiger partial charge in [-0.1, -0.05) is 36.4 Å². The van der Waals surface area contributed by atoms with Gasteiger partial charge < -0.3 is 10.2 Å². The molecular formula is C20H13NO6S2. The van der Waals surface area contributed by atoms with Crippen molar-refractivity contribution in [2.75, 3.05) is 0 Å². The molecule has 0 saturated carbocycles. The molecule has 0 spiro atoms. The molecule has 0 amide bonds. The molecule has 0 fully saturated rings. The van der Waals surface area contributed by atoms with Crippen LogP contribution in [0.1, 0.15) is 0 Å². The Kier molecular flexibility index (Phi) is 4.48. The average Bonchev–Trinajstić information content (AvgIpc) is 3.13. The van der Waals surface area contributed by atoms with E-state index in [1.54, 1.807) is 36.4 Å². The van der Waals surface area contributed by atoms with Crippen molar-refractivity contribution >= 4 is 36.9 Å². The lowest BCUT2D eigenvalue weighted by molar-refractivity contribution is -0.385. The van der Waals surface area contributed by atoms with E-state index in [-0.39, 0.29) is 10.5 Å². The zero-order valence-corrected chi connectivity index (χ0v) is 16.3. The number of benzene rings is 3. The van der Waals surface area contributed by atoms with Gasteiger partial charge in [-0.15, -0.1) is 11.3 Å². The van der Waals surface area contributed by atoms with Gasteiger partial charge >= 0.3 is 5.69 Å². The fraction of sp³-hybridized carbons (Fsp3) is 0. The first-order chi connectivity index (χ1) is 13.8. The van der Waals surface area contributed by atoms with E-state index >= 15 is 0 Å². The number of nitro benzene ring substituents is 1. The highest BCUT2D eigenvalue weighted by Crippen LogP contribution is 2.50. The molecule has 146 valence electrons. The molecule has 7 nitrogen and oxygen atoms in total. The number of fused-ring (bicyclic) bond motifs is 1. The summed E-state index contributed by atoms with van der Waals surface area (Å²) in [6, 6.07) is 17.1. The smallest absolute Gasteiger partial charge is 0.324 e. The van der Waals surface area contributed by atoms with Crippen LogP contribution in [0.2, 0.25) is 0 Å². The quantitative estimate of drug-likeness (QED) is 0.276. The van der Waals surface area contributed by atoms with Gasteiger partial charge in [0.1, 0.15) is 0 Å². The number of phenols is 2. The second-order valence-corrected chi connectivity index (χ2v) is 9.19. The van der Waals surface area contributed by atoms with E-state index in [9.17, 15) is 28.7 Å². The van der Waals surface area contributed by atoms with E-state index in [1.807, 2.05) is 0 Å². The van der Waals surface area contributed by atoms with Crippen LogP contribution >= 0.6 is 11.3 Å². The predicted octanol–water partition coefficient (Wildman–Crippen LogP) is 4.72. The highest BCUT2D eigenvalue weighted by atomic mass is 32.2. The summed E-state index contributed by atoms with van der Waals surface area (Å²) >= 11 is 1.16. The van der Waals surface area contributed by atoms with E-state index in [0.717, 1.165) is 27.5 Å². The van der Waals surface area contributed by atoms with Crippen LogP contribution in [0.5, 0.6) is 11.5 Å². The standard InChI is InChI=1S/C20H13NO6S2/c22-14-11-17(29(26,27)13-7-2-1-3-8-13)18(19(20(14)23)21(24)25)16-10-12-6-4-5-9-15(12)28-16/h1-11,22-23H. The van der Waals surface area contributed by atoms with Crippen molar-refractivity contribution < 1.29 is 23.6 Å². The molecule has 0 atom stereocenters. The van der Waals surface area contributed by atoms with Crippen molar-refractivity contribution in [2.24, 2.45) is 0 Å². The van der Waals surface area contributed by atoms with Crippen molar-refractivity contribution in [3.63, 3.8) is 0 Å². The first kappa shape index (κ1) is 18.9. The Bertz CT molecular complexity index is 1330. The molecule has 0 saturated heterocycles. The monoisotopic (exact) mass is 427 g/mol. The van der Waals surface area contributed by atoms with E-state index in [2.05, 4.69) is 0 Å². The number of phenolic OH excluding ortho intramolecular Hbond substituents is 2. The van der Waals surface area contributed by atoms with Crippen molar-refractivity contribution in [2.45, 2.75) is 9.79 Å². The molecule has 1 heterocycles. The SMILES string of the molecule is O=[N+]([O-])c1c(O)c(O)cc(S(=O)(=O)c2ccccc2)c1-c1cc2ccccc2s1. The van der Waals surface area contributed by atoms with Crippen molar-refractivity contribution in [3.05, 3.63) is 76.8 Å². The van der Waals surface area contributed by atoms with Crippen LogP contribution in [0.3, 0.4) is 0 Å². The number of hydrogen-bond acceptors (Lipinski definition) is 7. The Morgan fingerprint density at radius 2 is 1.59 bits per heavy atom. The molecule has 9 heteroatoms. The molecule has 0 bridgehead atoms. The molecule has 0 aliphatic carbocycles. The third kappa shape index (κ3) is 3.10. The number of hydrogen-bond donors (Lipinski definition) is 2. The summed E-state index contributed by atoms with van der Waals surface area (Å²) in [5.74, 6) is -1.86. The molecule has 0 unspecified atom stereocenters. The maximum Gasteiger partial charge on any atom is 0.324 e. The number of nitrogens with zero attached hydrogens (tertiary/aromatic N) is 1. The van der Waals surface area contributed by atoms with Crippen LogP contribution < -0.4 is 0 Å². The fourth-order valence-corrected chi connectivity index (χ4v) is 5.78. The summed E-state index contributed by atoms with van der Waals surface area (Å²) in [5, 5.41) is 32.7. The fourth-order valence-electron chi connectivity index (χ4n) is 3.08. The van der Waals surface area contributed by atoms with Gasteiger partial charge in [0.05, 0.1) is 20.3 Å². The summed E-state index contributed by atoms with van der Waals surface area (Å²) in [7, 11) is -4.22. The molecule has 0 aliphatic rings. The van der Waals surface area contributed by atoms with Gasteiger partial charge in [0, 0.05) is 15.6 Å². The Morgan fingerprint density at radius 3 is 2.24 bits per heavy atom. The molecule has 0 radical (unpaired) electrons. The predicted molar refractivity (Wildman–Crippen MR) is 109 cm³/mol. The van der Waals surface area contributed by atoms with Crippen LogP contribution in [-0.2, 0) is 9.84 Å². The number of thiophene rings is 1. The highest BCUT2D eigenvalue weighted by Gasteiger charge is 2.34. The van der Waals surface area contributed by atoms with E-state index in [0.29, 0.717) is 4.88 Å². The second-order valence-electron chi connectivity index (χ2n) is 6.19. The summed E-state index contributed by atoms with van der Waals surface area (Å²) in [4.78, 5) is 10.6. The Balaban J connectivity index is 2.13. The van der Waals surface area contributed by atoms with Crippen LogP contribution in [0, 0.1) is 10.1 Å². The minimum atomic E-state index is -4.22. The maximum atomic E-state index is 13.3. The Labute approximate surface area is 169 Å². The normalized spacial score (nSPS) is 11.6.